The molecule has 0 aliphatic heterocycles. The van der Waals surface area contributed by atoms with E-state index in [0.29, 0.717) is 54.9 Å². The van der Waals surface area contributed by atoms with E-state index in [1.807, 2.05) is 12.1 Å². The fraction of sp³-hybridized carbons (Fsp3) is 0.780. The summed E-state index contributed by atoms with van der Waals surface area (Å²) in [4.78, 5) is 16.8. The Bertz CT molecular complexity index is 1710. The molecule has 0 aromatic heterocycles. The molecule has 1 aromatic rings. The van der Waals surface area contributed by atoms with Gasteiger partial charge >= 0.3 is 5.97 Å². The van der Waals surface area contributed by atoms with Crippen LogP contribution in [0.3, 0.4) is 0 Å². The molecule has 1 unspecified atom stereocenters. The van der Waals surface area contributed by atoms with E-state index >= 15 is 0 Å². The van der Waals surface area contributed by atoms with Gasteiger partial charge in [-0.15, -0.1) is 0 Å². The van der Waals surface area contributed by atoms with Crippen LogP contribution in [0, 0.1) is 68.0 Å². The standard InChI is InChI=1S/C50H76ClFN2O3/c1-33(2)37-18-25-50(42(55)31-54(29-28-53(8)9)30-34-10-12-36(51)13-11-34)27-26-47(6)39(43(37)50)14-15-41-46(5)21-19-38(45(3,4)40(46)20-22-48(41,47)7)35-16-23-49(32-52,24-17-35)44(56)57/h10-13,16,19,33,37,39-43,55H,14-15,17-18,20-32H2,1-9H3,(H,56,57)/t37-,39+,40-,41+,42?,43+,46-,47+,48+,49-,50+/m0/s1. The van der Waals surface area contributed by atoms with E-state index < -0.39 is 18.1 Å². The van der Waals surface area contributed by atoms with E-state index in [4.69, 9.17) is 11.6 Å². The van der Waals surface area contributed by atoms with Gasteiger partial charge in [-0.3, -0.25) is 9.69 Å². The average Bonchev–Trinajstić information content (AvgIpc) is 3.56. The summed E-state index contributed by atoms with van der Waals surface area (Å²) >= 11 is 6.27. The normalized spacial score (nSPS) is 40.5. The first-order valence-electron chi connectivity index (χ1n) is 22.8. The molecule has 4 fully saturated rings. The van der Waals surface area contributed by atoms with Crippen molar-refractivity contribution in [1.29, 1.82) is 0 Å². The van der Waals surface area contributed by atoms with E-state index in [1.165, 1.54) is 55.2 Å². The van der Waals surface area contributed by atoms with Gasteiger partial charge < -0.3 is 15.1 Å². The summed E-state index contributed by atoms with van der Waals surface area (Å²) < 4.78 is 14.1. The van der Waals surface area contributed by atoms with Gasteiger partial charge in [0.1, 0.15) is 6.67 Å². The number of likely N-dealkylation sites (N-methyl/N-ethyl adjacent to an activating group) is 1. The molecule has 6 aliphatic carbocycles. The molecule has 2 N–H and O–H groups in total. The highest BCUT2D eigenvalue weighted by Crippen LogP contribution is 2.78. The highest BCUT2D eigenvalue weighted by Gasteiger charge is 2.71. The van der Waals surface area contributed by atoms with Crippen LogP contribution < -0.4 is 0 Å². The van der Waals surface area contributed by atoms with Gasteiger partial charge in [0.2, 0.25) is 0 Å². The first-order valence-corrected chi connectivity index (χ1v) is 23.1. The van der Waals surface area contributed by atoms with E-state index in [-0.39, 0.29) is 39.6 Å². The number of hydrogen-bond acceptors (Lipinski definition) is 4. The summed E-state index contributed by atoms with van der Waals surface area (Å²) in [5.74, 6) is 2.58. The molecule has 0 saturated heterocycles. The SMILES string of the molecule is CC(C)[C@@H]1CC[C@]2(C(O)CN(CCN(C)C)Cc3ccc(Cl)cc3)CC[C@]3(C)[C@H](CC[C@@H]4[C@@]5(C)CC=C(C6=CC[C@](CF)(C(=O)O)CC6)C(C)(C)[C@@H]5CC[C@]43C)[C@@H]12. The van der Waals surface area contributed by atoms with Crippen molar-refractivity contribution in [2.75, 3.05) is 40.4 Å². The van der Waals surface area contributed by atoms with E-state index in [9.17, 15) is 19.4 Å². The van der Waals surface area contributed by atoms with Crippen molar-refractivity contribution in [2.24, 2.45) is 68.0 Å². The quantitative estimate of drug-likeness (QED) is 0.220. The van der Waals surface area contributed by atoms with Crippen molar-refractivity contribution < 1.29 is 19.4 Å². The van der Waals surface area contributed by atoms with Crippen molar-refractivity contribution in [3.05, 3.63) is 58.1 Å². The number of halogens is 2. The first-order chi connectivity index (χ1) is 26.8. The van der Waals surface area contributed by atoms with Gasteiger partial charge in [-0.2, -0.15) is 0 Å². The maximum atomic E-state index is 14.1. The zero-order valence-electron chi connectivity index (χ0n) is 37.0. The van der Waals surface area contributed by atoms with Crippen LogP contribution in [-0.2, 0) is 11.3 Å². The highest BCUT2D eigenvalue weighted by molar-refractivity contribution is 6.30. The first kappa shape index (κ1) is 43.4. The molecule has 57 heavy (non-hydrogen) atoms. The second-order valence-electron chi connectivity index (χ2n) is 22.3. The molecule has 7 rings (SSSR count). The number of nitrogens with zero attached hydrogens (tertiary/aromatic N) is 2. The molecular formula is C50H76ClFN2O3. The third-order valence-corrected chi connectivity index (χ3v) is 19.2. The third-order valence-electron chi connectivity index (χ3n) is 18.9. The van der Waals surface area contributed by atoms with Crippen molar-refractivity contribution in [3.63, 3.8) is 0 Å². The van der Waals surface area contributed by atoms with Gasteiger partial charge in [-0.1, -0.05) is 84.4 Å². The van der Waals surface area contributed by atoms with Gasteiger partial charge in [0, 0.05) is 36.6 Å². The van der Waals surface area contributed by atoms with Gasteiger partial charge in [-0.25, -0.2) is 4.39 Å². The van der Waals surface area contributed by atoms with Crippen molar-refractivity contribution in [3.8, 4) is 0 Å². The maximum absolute atomic E-state index is 14.1. The Hall–Kier alpha value is -1.73. The molecule has 6 aliphatic rings. The number of rotatable bonds is 12. The zero-order valence-corrected chi connectivity index (χ0v) is 37.7. The number of aliphatic hydroxyl groups is 1. The number of hydrogen-bond donors (Lipinski definition) is 2. The number of aliphatic hydroxyl groups excluding tert-OH is 1. The number of carboxylic acids is 1. The Morgan fingerprint density at radius 1 is 0.877 bits per heavy atom. The molecule has 0 heterocycles. The van der Waals surface area contributed by atoms with Gasteiger partial charge in [-0.05, 0) is 177 Å². The largest absolute Gasteiger partial charge is 0.481 e. The van der Waals surface area contributed by atoms with E-state index in [2.05, 4.69) is 96.6 Å². The Kier molecular flexibility index (Phi) is 11.9. The zero-order chi connectivity index (χ0) is 41.3. The minimum absolute atomic E-state index is 0.0264. The predicted molar refractivity (Wildman–Crippen MR) is 232 cm³/mol. The summed E-state index contributed by atoms with van der Waals surface area (Å²) in [5, 5.41) is 23.4. The minimum Gasteiger partial charge on any atom is -0.481 e. The molecule has 7 heteroatoms. The lowest BCUT2D eigenvalue weighted by Crippen LogP contribution is -2.66. The number of fused-ring (bicyclic) bond motifs is 7. The maximum Gasteiger partial charge on any atom is 0.312 e. The number of carboxylic acid groups (broad SMARTS) is 1. The molecule has 1 aromatic carbocycles. The summed E-state index contributed by atoms with van der Waals surface area (Å²) in [6.07, 6.45) is 16.4. The van der Waals surface area contributed by atoms with Crippen LogP contribution in [0.25, 0.3) is 0 Å². The number of aliphatic carboxylic acids is 1. The molecule has 318 valence electrons. The Morgan fingerprint density at radius 2 is 1.60 bits per heavy atom. The molecule has 0 radical (unpaired) electrons. The Labute approximate surface area is 350 Å². The molecule has 5 nitrogen and oxygen atoms in total. The summed E-state index contributed by atoms with van der Waals surface area (Å²) in [7, 11) is 4.28. The second-order valence-corrected chi connectivity index (χ2v) is 22.7. The van der Waals surface area contributed by atoms with Gasteiger partial charge in [0.25, 0.3) is 0 Å². The Morgan fingerprint density at radius 3 is 2.21 bits per heavy atom. The lowest BCUT2D eigenvalue weighted by molar-refractivity contribution is -0.239. The van der Waals surface area contributed by atoms with Crippen LogP contribution in [0.2, 0.25) is 5.02 Å². The number of carbonyl (C=O) groups is 1. The van der Waals surface area contributed by atoms with E-state index in [1.54, 1.807) is 0 Å². The van der Waals surface area contributed by atoms with Gasteiger partial charge in [0.05, 0.1) is 11.5 Å². The summed E-state index contributed by atoms with van der Waals surface area (Å²) in [5.41, 5.74) is 3.22. The van der Waals surface area contributed by atoms with Crippen LogP contribution in [0.15, 0.2) is 47.6 Å². The minimum atomic E-state index is -1.26. The van der Waals surface area contributed by atoms with Crippen molar-refractivity contribution in [1.82, 2.24) is 9.80 Å². The fourth-order valence-electron chi connectivity index (χ4n) is 15.5. The second kappa shape index (κ2) is 15.6. The number of allylic oxidation sites excluding steroid dienone is 4. The average molecular weight is 808 g/mol. The molecule has 0 spiro atoms. The predicted octanol–water partition coefficient (Wildman–Crippen LogP) is 11.5. The summed E-state index contributed by atoms with van der Waals surface area (Å²) in [6, 6.07) is 8.26. The van der Waals surface area contributed by atoms with Crippen LogP contribution in [-0.4, -0.2) is 72.5 Å². The van der Waals surface area contributed by atoms with Gasteiger partial charge in [0.15, 0.2) is 0 Å². The smallest absolute Gasteiger partial charge is 0.312 e. The van der Waals surface area contributed by atoms with E-state index in [0.717, 1.165) is 43.9 Å². The highest BCUT2D eigenvalue weighted by atomic mass is 35.5. The number of alkyl halides is 1. The molecule has 4 saturated carbocycles. The monoisotopic (exact) mass is 807 g/mol. The lowest BCUT2D eigenvalue weighted by atomic mass is 9.32. The van der Waals surface area contributed by atoms with Crippen LogP contribution in [0.4, 0.5) is 4.39 Å². The Balaban J connectivity index is 1.16. The fourth-order valence-corrected chi connectivity index (χ4v) is 15.7. The number of benzene rings is 1. The van der Waals surface area contributed by atoms with Crippen molar-refractivity contribution >= 4 is 17.6 Å². The molecule has 0 amide bonds. The lowest BCUT2D eigenvalue weighted by Gasteiger charge is -2.73. The van der Waals surface area contributed by atoms with Crippen LogP contribution >= 0.6 is 11.6 Å². The van der Waals surface area contributed by atoms with Crippen LogP contribution in [0.1, 0.15) is 131 Å². The molecular weight excluding hydrogens is 731 g/mol. The third kappa shape index (κ3) is 7.03. The molecule has 11 atom stereocenters. The summed E-state index contributed by atoms with van der Waals surface area (Å²) in [6.45, 7) is 20.5. The van der Waals surface area contributed by atoms with Crippen molar-refractivity contribution in [2.45, 2.75) is 138 Å². The van der Waals surface area contributed by atoms with Crippen LogP contribution in [0.5, 0.6) is 0 Å². The molecule has 0 bridgehead atoms. The topological polar surface area (TPSA) is 64.0 Å².